The van der Waals surface area contributed by atoms with Crippen LogP contribution in [0.25, 0.3) is 0 Å². The Kier molecular flexibility index (Phi) is 1.67. The summed E-state index contributed by atoms with van der Waals surface area (Å²) in [6.07, 6.45) is 7.26. The smallest absolute Gasteiger partial charge is 0.0637 e. The molecule has 1 atom stereocenters. The summed E-state index contributed by atoms with van der Waals surface area (Å²) < 4.78 is 0. The summed E-state index contributed by atoms with van der Waals surface area (Å²) in [7, 11) is 0. The van der Waals surface area contributed by atoms with Crippen LogP contribution in [0.1, 0.15) is 20.3 Å². The Bertz CT molecular complexity index is 163. The fourth-order valence-electron chi connectivity index (χ4n) is 1.06. The highest BCUT2D eigenvalue weighted by Gasteiger charge is 2.17. The van der Waals surface area contributed by atoms with Gasteiger partial charge in [0.05, 0.1) is 4.87 Å². The van der Waals surface area contributed by atoms with Gasteiger partial charge in [0.2, 0.25) is 0 Å². The molecule has 1 unspecified atom stereocenters. The molecule has 0 saturated carbocycles. The molecule has 50 valence electrons. The van der Waals surface area contributed by atoms with Gasteiger partial charge >= 0.3 is 0 Å². The van der Waals surface area contributed by atoms with E-state index in [2.05, 4.69) is 25.2 Å². The first kappa shape index (κ1) is 6.88. The highest BCUT2D eigenvalue weighted by Crippen LogP contribution is 2.26. The van der Waals surface area contributed by atoms with E-state index in [4.69, 9.17) is 11.6 Å². The van der Waals surface area contributed by atoms with Gasteiger partial charge < -0.3 is 0 Å². The highest BCUT2D eigenvalue weighted by atomic mass is 35.5. The summed E-state index contributed by atoms with van der Waals surface area (Å²) >= 11 is 6.04. The lowest BCUT2D eigenvalue weighted by atomic mass is 9.98. The van der Waals surface area contributed by atoms with Crippen LogP contribution in [0.3, 0.4) is 0 Å². The van der Waals surface area contributed by atoms with Crippen molar-refractivity contribution in [2.24, 2.45) is 0 Å². The summed E-state index contributed by atoms with van der Waals surface area (Å²) in [6, 6.07) is 0. The molecule has 0 fully saturated rings. The molecule has 1 aliphatic carbocycles. The van der Waals surface area contributed by atoms with Crippen molar-refractivity contribution in [3.05, 3.63) is 23.8 Å². The molecule has 0 radical (unpaired) electrons. The van der Waals surface area contributed by atoms with Crippen LogP contribution in [-0.2, 0) is 0 Å². The number of hydrogen-bond acceptors (Lipinski definition) is 0. The van der Waals surface area contributed by atoms with Crippen molar-refractivity contribution >= 4 is 11.6 Å². The monoisotopic (exact) mass is 142 g/mol. The number of allylic oxidation sites excluding steroid dienone is 4. The molecule has 0 bridgehead atoms. The minimum Gasteiger partial charge on any atom is -0.115 e. The third-order valence-electron chi connectivity index (χ3n) is 1.43. The molecule has 0 amide bonds. The molecule has 0 aromatic rings. The summed E-state index contributed by atoms with van der Waals surface area (Å²) in [5, 5.41) is 0. The van der Waals surface area contributed by atoms with Crippen molar-refractivity contribution in [1.82, 2.24) is 0 Å². The standard InChI is InChI=1S/C8H11Cl/c1-7-4-3-5-8(2,9)6-7/h3-4,6H,5H2,1-2H3. The van der Waals surface area contributed by atoms with Gasteiger partial charge in [-0.15, -0.1) is 11.6 Å². The number of rotatable bonds is 0. The molecule has 0 heterocycles. The molecular formula is C8H11Cl. The van der Waals surface area contributed by atoms with E-state index < -0.39 is 0 Å². The van der Waals surface area contributed by atoms with Gasteiger partial charge in [0, 0.05) is 0 Å². The molecule has 1 rings (SSSR count). The van der Waals surface area contributed by atoms with Gasteiger partial charge in [-0.1, -0.05) is 23.8 Å². The highest BCUT2D eigenvalue weighted by molar-refractivity contribution is 6.25. The Morgan fingerprint density at radius 2 is 2.33 bits per heavy atom. The molecule has 0 aromatic carbocycles. The lowest BCUT2D eigenvalue weighted by Crippen LogP contribution is -2.13. The van der Waals surface area contributed by atoms with Crippen LogP contribution in [0.15, 0.2) is 23.8 Å². The molecule has 9 heavy (non-hydrogen) atoms. The SMILES string of the molecule is CC1=CC(C)(Cl)CC=C1. The number of alkyl halides is 1. The van der Waals surface area contributed by atoms with Crippen LogP contribution < -0.4 is 0 Å². The van der Waals surface area contributed by atoms with E-state index in [0.717, 1.165) is 6.42 Å². The summed E-state index contributed by atoms with van der Waals surface area (Å²) in [4.78, 5) is -0.126. The zero-order chi connectivity index (χ0) is 6.91. The van der Waals surface area contributed by atoms with Crippen LogP contribution in [-0.4, -0.2) is 4.87 Å². The maximum Gasteiger partial charge on any atom is 0.0637 e. The predicted molar refractivity (Wildman–Crippen MR) is 41.8 cm³/mol. The molecular weight excluding hydrogens is 132 g/mol. The minimum atomic E-state index is -0.126. The molecule has 1 heteroatoms. The van der Waals surface area contributed by atoms with E-state index in [1.54, 1.807) is 0 Å². The summed E-state index contributed by atoms with van der Waals surface area (Å²) in [5.74, 6) is 0. The maximum absolute atomic E-state index is 6.04. The van der Waals surface area contributed by atoms with Gasteiger partial charge in [-0.05, 0) is 20.3 Å². The van der Waals surface area contributed by atoms with Crippen molar-refractivity contribution in [1.29, 1.82) is 0 Å². The Morgan fingerprint density at radius 1 is 1.67 bits per heavy atom. The first-order chi connectivity index (χ1) is 4.10. The molecule has 0 spiro atoms. The van der Waals surface area contributed by atoms with Crippen molar-refractivity contribution in [2.45, 2.75) is 25.1 Å². The topological polar surface area (TPSA) is 0 Å². The second kappa shape index (κ2) is 2.18. The van der Waals surface area contributed by atoms with Gasteiger partial charge in [-0.25, -0.2) is 0 Å². The van der Waals surface area contributed by atoms with Crippen LogP contribution in [0.2, 0.25) is 0 Å². The normalized spacial score (nSPS) is 34.3. The zero-order valence-corrected chi connectivity index (χ0v) is 6.57. The van der Waals surface area contributed by atoms with Crippen LogP contribution in [0.5, 0.6) is 0 Å². The average molecular weight is 143 g/mol. The molecule has 1 aliphatic rings. The van der Waals surface area contributed by atoms with Crippen LogP contribution in [0, 0.1) is 0 Å². The Balaban J connectivity index is 2.78. The van der Waals surface area contributed by atoms with E-state index >= 15 is 0 Å². The fraction of sp³-hybridized carbons (Fsp3) is 0.500. The maximum atomic E-state index is 6.04. The van der Waals surface area contributed by atoms with Gasteiger partial charge in [-0.3, -0.25) is 0 Å². The number of halogens is 1. The first-order valence-electron chi connectivity index (χ1n) is 3.15. The lowest BCUT2D eigenvalue weighted by molar-refractivity contribution is 0.775. The zero-order valence-electron chi connectivity index (χ0n) is 5.82. The van der Waals surface area contributed by atoms with Crippen molar-refractivity contribution in [3.63, 3.8) is 0 Å². The quantitative estimate of drug-likeness (QED) is 0.457. The van der Waals surface area contributed by atoms with E-state index in [1.165, 1.54) is 5.57 Å². The molecule has 0 N–H and O–H groups in total. The lowest BCUT2D eigenvalue weighted by Gasteiger charge is -2.18. The molecule has 0 nitrogen and oxygen atoms in total. The minimum absolute atomic E-state index is 0.126. The summed E-state index contributed by atoms with van der Waals surface area (Å²) in [5.41, 5.74) is 1.26. The van der Waals surface area contributed by atoms with E-state index in [1.807, 2.05) is 6.92 Å². The van der Waals surface area contributed by atoms with Gasteiger partial charge in [0.25, 0.3) is 0 Å². The fourth-order valence-corrected chi connectivity index (χ4v) is 1.32. The average Bonchev–Trinajstić information content (AvgIpc) is 1.60. The Hall–Kier alpha value is -0.230. The molecule has 0 aliphatic heterocycles. The number of hydrogen-bond donors (Lipinski definition) is 0. The van der Waals surface area contributed by atoms with Gasteiger partial charge in [0.1, 0.15) is 0 Å². The Morgan fingerprint density at radius 3 is 2.67 bits per heavy atom. The van der Waals surface area contributed by atoms with Crippen molar-refractivity contribution < 1.29 is 0 Å². The summed E-state index contributed by atoms with van der Waals surface area (Å²) in [6.45, 7) is 4.10. The van der Waals surface area contributed by atoms with Crippen molar-refractivity contribution in [3.8, 4) is 0 Å². The van der Waals surface area contributed by atoms with Crippen molar-refractivity contribution in [2.75, 3.05) is 0 Å². The van der Waals surface area contributed by atoms with Crippen LogP contribution in [0.4, 0.5) is 0 Å². The molecule has 0 saturated heterocycles. The Labute approximate surface area is 61.2 Å². The first-order valence-corrected chi connectivity index (χ1v) is 3.53. The van der Waals surface area contributed by atoms with Crippen LogP contribution >= 0.6 is 11.6 Å². The van der Waals surface area contributed by atoms with E-state index in [0.29, 0.717) is 0 Å². The van der Waals surface area contributed by atoms with E-state index in [-0.39, 0.29) is 4.87 Å². The third kappa shape index (κ3) is 1.87. The largest absolute Gasteiger partial charge is 0.115 e. The third-order valence-corrected chi connectivity index (χ3v) is 1.69. The van der Waals surface area contributed by atoms with E-state index in [9.17, 15) is 0 Å². The predicted octanol–water partition coefficient (Wildman–Crippen LogP) is 2.89. The van der Waals surface area contributed by atoms with Gasteiger partial charge in [0.15, 0.2) is 0 Å². The van der Waals surface area contributed by atoms with Gasteiger partial charge in [-0.2, -0.15) is 0 Å². The molecule has 0 aromatic heterocycles. The second-order valence-corrected chi connectivity index (χ2v) is 3.64. The second-order valence-electron chi connectivity index (χ2n) is 2.77.